The number of amides is 8. The Morgan fingerprint density at radius 1 is 0.735 bits per heavy atom. The summed E-state index contributed by atoms with van der Waals surface area (Å²) in [5.41, 5.74) is 1.20. The van der Waals surface area contributed by atoms with Crippen LogP contribution in [0, 0.1) is 15.4 Å². The molecule has 8 amide bonds. The van der Waals surface area contributed by atoms with Crippen LogP contribution in [0.3, 0.4) is 0 Å². The Labute approximate surface area is 418 Å². The van der Waals surface area contributed by atoms with Gasteiger partial charge >= 0.3 is 5.97 Å². The molecule has 0 radical (unpaired) electrons. The van der Waals surface area contributed by atoms with Crippen molar-refractivity contribution in [2.24, 2.45) is 11.8 Å². The standard InChI is InChI=1S/C44H61IN8O13S2/c1-22(2)13-30(42(64)51-32(20-67)39(61)46-4)48-36(57)18-47-40(62)31(16-25-7-11-35(56)28(45)15-25)50-43(65)34-17-27(55)19-53(34)44(66)33(21-68)52-41(63)29(10-12-37(58)59)49-38(60)23(3)14-24-5-8-26(54)9-6-24/h5-9,11,15,22-23,27,29-34,54-56,67-68H,10,12-14,16-21H2,1-4H3,(H,46,61)(H,47,62)(H,48,57)(H,49,60)(H,50,65)(H,51,64)(H,52,63)(H,58,59)/t23-,27+,29+,30-,31-,32-,33-,34-/m0/s1. The average molecular weight is 1100 g/mol. The molecule has 1 aliphatic rings. The zero-order chi connectivity index (χ0) is 50.8. The second kappa shape index (κ2) is 27.6. The fourth-order valence-electron chi connectivity index (χ4n) is 7.16. The molecule has 0 spiro atoms. The van der Waals surface area contributed by atoms with Crippen molar-refractivity contribution in [2.75, 3.05) is 31.6 Å². The predicted molar refractivity (Wildman–Crippen MR) is 262 cm³/mol. The number of nitrogens with zero attached hydrogens (tertiary/aromatic N) is 1. The van der Waals surface area contributed by atoms with Crippen molar-refractivity contribution in [3.05, 3.63) is 57.2 Å². The summed E-state index contributed by atoms with van der Waals surface area (Å²) < 4.78 is 0.430. The number of likely N-dealkylation sites (N-methyl/N-ethyl adjacent to an activating group) is 1. The molecule has 0 unspecified atom stereocenters. The van der Waals surface area contributed by atoms with Gasteiger partial charge in [0.15, 0.2) is 0 Å². The Hall–Kier alpha value is -5.34. The smallest absolute Gasteiger partial charge is 0.303 e. The highest BCUT2D eigenvalue weighted by Gasteiger charge is 2.43. The normalized spacial score (nSPS) is 17.0. The molecule has 1 aliphatic heterocycles. The summed E-state index contributed by atoms with van der Waals surface area (Å²) in [4.78, 5) is 120. The number of carboxylic acids is 1. The Bertz CT molecular complexity index is 2140. The number of aliphatic hydroxyl groups is 1. The molecular weight excluding hydrogens is 1040 g/mol. The van der Waals surface area contributed by atoms with E-state index in [9.17, 15) is 63.6 Å². The van der Waals surface area contributed by atoms with Crippen LogP contribution in [0.25, 0.3) is 0 Å². The molecule has 0 aromatic heterocycles. The molecule has 21 nitrogen and oxygen atoms in total. The summed E-state index contributed by atoms with van der Waals surface area (Å²) in [5, 5.41) is 57.5. The lowest BCUT2D eigenvalue weighted by Crippen LogP contribution is -2.59. The van der Waals surface area contributed by atoms with Crippen LogP contribution >= 0.6 is 47.8 Å². The fourth-order valence-corrected chi connectivity index (χ4v) is 8.25. The van der Waals surface area contributed by atoms with E-state index in [4.69, 9.17) is 0 Å². The van der Waals surface area contributed by atoms with Crippen LogP contribution in [0.2, 0.25) is 0 Å². The molecule has 1 fully saturated rings. The Morgan fingerprint density at radius 3 is 1.93 bits per heavy atom. The van der Waals surface area contributed by atoms with Crippen LogP contribution in [-0.4, -0.2) is 153 Å². The van der Waals surface area contributed by atoms with E-state index in [0.29, 0.717) is 14.7 Å². The van der Waals surface area contributed by atoms with Crippen molar-refractivity contribution in [3.63, 3.8) is 0 Å². The molecule has 0 bridgehead atoms. The number of likely N-dealkylation sites (tertiary alicyclic amines) is 1. The van der Waals surface area contributed by atoms with Gasteiger partial charge in [-0.3, -0.25) is 43.2 Å². The van der Waals surface area contributed by atoms with Gasteiger partial charge in [-0.15, -0.1) is 0 Å². The number of halogens is 1. The fraction of sp³-hybridized carbons (Fsp3) is 0.523. The third-order valence-corrected chi connectivity index (χ3v) is 12.4. The van der Waals surface area contributed by atoms with Gasteiger partial charge in [-0.05, 0) is 83.2 Å². The van der Waals surface area contributed by atoms with E-state index in [0.717, 1.165) is 4.90 Å². The first-order valence-electron chi connectivity index (χ1n) is 21.7. The number of phenols is 2. The summed E-state index contributed by atoms with van der Waals surface area (Å²) in [6.45, 7) is 4.23. The van der Waals surface area contributed by atoms with Crippen molar-refractivity contribution < 1.29 is 63.6 Å². The van der Waals surface area contributed by atoms with Gasteiger partial charge in [0, 0.05) is 50.3 Å². The number of aromatic hydroxyl groups is 2. The van der Waals surface area contributed by atoms with E-state index < -0.39 is 114 Å². The van der Waals surface area contributed by atoms with Crippen molar-refractivity contribution >= 4 is 101 Å². The molecular formula is C44H61IN8O13S2. The maximum atomic E-state index is 14.1. The molecule has 2 aromatic rings. The Kier molecular flexibility index (Phi) is 23.1. The quantitative estimate of drug-likeness (QED) is 0.0426. The topological polar surface area (TPSA) is 322 Å². The largest absolute Gasteiger partial charge is 0.508 e. The van der Waals surface area contributed by atoms with Gasteiger partial charge < -0.3 is 62.5 Å². The molecule has 374 valence electrons. The predicted octanol–water partition coefficient (Wildman–Crippen LogP) is -0.858. The zero-order valence-corrected chi connectivity index (χ0v) is 41.9. The Balaban J connectivity index is 1.79. The second-order valence-electron chi connectivity index (χ2n) is 16.8. The number of rotatable bonds is 25. The van der Waals surface area contributed by atoms with E-state index >= 15 is 0 Å². The van der Waals surface area contributed by atoms with Crippen molar-refractivity contribution in [1.82, 2.24) is 42.1 Å². The number of aliphatic hydroxyl groups excluding tert-OH is 1. The van der Waals surface area contributed by atoms with Crippen LogP contribution < -0.4 is 37.2 Å². The molecule has 1 saturated heterocycles. The van der Waals surface area contributed by atoms with Gasteiger partial charge in [0.1, 0.15) is 47.8 Å². The number of phenolic OH excluding ortho intramolecular Hbond substituents is 2. The number of β-amino-alcohol motifs (C(OH)–C–C–N with tert-alkyl or cyclic N) is 1. The number of carboxylic acid groups (broad SMARTS) is 1. The van der Waals surface area contributed by atoms with E-state index in [1.54, 1.807) is 25.1 Å². The number of hydrogen-bond acceptors (Lipinski definition) is 14. The number of benzene rings is 2. The highest BCUT2D eigenvalue weighted by atomic mass is 127. The minimum Gasteiger partial charge on any atom is -0.508 e. The summed E-state index contributed by atoms with van der Waals surface area (Å²) in [5.74, 6) is -8.33. The molecule has 24 heteroatoms. The number of nitrogens with one attached hydrogen (secondary N) is 7. The second-order valence-corrected chi connectivity index (χ2v) is 18.7. The van der Waals surface area contributed by atoms with E-state index in [1.807, 2.05) is 36.4 Å². The van der Waals surface area contributed by atoms with Crippen LogP contribution in [0.1, 0.15) is 57.6 Å². The number of carbonyl (C=O) groups is 9. The maximum Gasteiger partial charge on any atom is 0.303 e. The first-order valence-corrected chi connectivity index (χ1v) is 24.1. The summed E-state index contributed by atoms with van der Waals surface area (Å²) >= 11 is 10.2. The lowest BCUT2D eigenvalue weighted by molar-refractivity contribution is -0.142. The molecule has 0 saturated carbocycles. The van der Waals surface area contributed by atoms with Crippen LogP contribution in [-0.2, 0) is 56.0 Å². The molecule has 2 aromatic carbocycles. The van der Waals surface area contributed by atoms with Gasteiger partial charge in [-0.25, -0.2) is 0 Å². The van der Waals surface area contributed by atoms with E-state index in [-0.39, 0.29) is 67.6 Å². The summed E-state index contributed by atoms with van der Waals surface area (Å²) in [7, 11) is 1.40. The maximum absolute atomic E-state index is 14.1. The average Bonchev–Trinajstić information content (AvgIpc) is 3.69. The molecule has 3 rings (SSSR count). The number of aliphatic carboxylic acids is 1. The Morgan fingerprint density at radius 2 is 1.34 bits per heavy atom. The van der Waals surface area contributed by atoms with Crippen molar-refractivity contribution in [2.45, 2.75) is 102 Å². The third kappa shape index (κ3) is 18.0. The van der Waals surface area contributed by atoms with E-state index in [2.05, 4.69) is 62.5 Å². The van der Waals surface area contributed by atoms with E-state index in [1.165, 1.54) is 31.3 Å². The van der Waals surface area contributed by atoms with Crippen molar-refractivity contribution in [1.29, 1.82) is 0 Å². The van der Waals surface area contributed by atoms with Gasteiger partial charge in [0.25, 0.3) is 0 Å². The lowest BCUT2D eigenvalue weighted by atomic mass is 9.99. The summed E-state index contributed by atoms with van der Waals surface area (Å²) in [6, 6.07) is 2.93. The minimum atomic E-state index is -1.43. The first kappa shape index (κ1) is 57.0. The zero-order valence-electron chi connectivity index (χ0n) is 38.0. The highest BCUT2D eigenvalue weighted by Crippen LogP contribution is 2.23. The number of thiol groups is 2. The van der Waals surface area contributed by atoms with Gasteiger partial charge in [-0.2, -0.15) is 25.3 Å². The van der Waals surface area contributed by atoms with Gasteiger partial charge in [0.05, 0.1) is 16.2 Å². The van der Waals surface area contributed by atoms with Crippen molar-refractivity contribution in [3.8, 4) is 11.5 Å². The third-order valence-electron chi connectivity index (χ3n) is 10.8. The van der Waals surface area contributed by atoms with Crippen LogP contribution in [0.5, 0.6) is 11.5 Å². The minimum absolute atomic E-state index is 0.0166. The molecule has 0 aliphatic carbocycles. The number of carbonyl (C=O) groups excluding carboxylic acids is 8. The number of hydrogen-bond donors (Lipinski definition) is 13. The highest BCUT2D eigenvalue weighted by molar-refractivity contribution is 14.1. The molecule has 68 heavy (non-hydrogen) atoms. The molecule has 8 atom stereocenters. The summed E-state index contributed by atoms with van der Waals surface area (Å²) in [6.07, 6.45) is -2.11. The van der Waals surface area contributed by atoms with Gasteiger partial charge in [-0.1, -0.05) is 39.0 Å². The lowest BCUT2D eigenvalue weighted by Gasteiger charge is -2.30. The molecule has 11 N–H and O–H groups in total. The monoisotopic (exact) mass is 1100 g/mol. The van der Waals surface area contributed by atoms with Gasteiger partial charge in [0.2, 0.25) is 47.3 Å². The molecule has 1 heterocycles. The van der Waals surface area contributed by atoms with Crippen LogP contribution in [0.15, 0.2) is 42.5 Å². The SMILES string of the molecule is CNC(=O)[C@H](CS)NC(=O)[C@H](CC(C)C)NC(=O)CNC(=O)[C@H](Cc1ccc(O)c(I)c1)NC(=O)[C@@H]1C[C@@H](O)CN1C(=O)[C@H](CS)NC(=O)[C@@H](CCC(=O)O)NC(=O)[C@@H](C)Cc1ccc(O)cc1. The van der Waals surface area contributed by atoms with Crippen LogP contribution in [0.4, 0.5) is 0 Å². The first-order chi connectivity index (χ1) is 32.1.